The molecule has 0 N–H and O–H groups in total. The van der Waals surface area contributed by atoms with E-state index in [0.717, 1.165) is 25.7 Å². The fourth-order valence-electron chi connectivity index (χ4n) is 3.40. The van der Waals surface area contributed by atoms with Gasteiger partial charge >= 0.3 is 0 Å². The molecule has 16 heavy (non-hydrogen) atoms. The Morgan fingerprint density at radius 1 is 1.56 bits per heavy atom. The molecule has 0 aromatic rings. The highest BCUT2D eigenvalue weighted by molar-refractivity contribution is 5.86. The summed E-state index contributed by atoms with van der Waals surface area (Å²) in [7, 11) is 0. The predicted molar refractivity (Wildman–Crippen MR) is 67.1 cm³/mol. The van der Waals surface area contributed by atoms with Crippen LogP contribution in [0.15, 0.2) is 23.8 Å². The lowest BCUT2D eigenvalue weighted by atomic mass is 9.57. The lowest BCUT2D eigenvalue weighted by molar-refractivity contribution is -0.135. The summed E-state index contributed by atoms with van der Waals surface area (Å²) in [6, 6.07) is 0. The molecule has 0 spiro atoms. The number of ketones is 1. The molecule has 1 nitrogen and oxygen atoms in total. The van der Waals surface area contributed by atoms with Gasteiger partial charge in [0.2, 0.25) is 0 Å². The first-order valence-electron chi connectivity index (χ1n) is 6.30. The molecule has 0 saturated heterocycles. The quantitative estimate of drug-likeness (QED) is 0.610. The van der Waals surface area contributed by atoms with Gasteiger partial charge in [-0.05, 0) is 44.9 Å². The van der Waals surface area contributed by atoms with Crippen molar-refractivity contribution in [1.29, 1.82) is 0 Å². The second-order valence-electron chi connectivity index (χ2n) is 5.86. The van der Waals surface area contributed by atoms with Gasteiger partial charge in [-0.3, -0.25) is 4.79 Å². The zero-order valence-corrected chi connectivity index (χ0v) is 10.7. The number of allylic oxidation sites excluding steroid dienone is 3. The highest BCUT2D eigenvalue weighted by atomic mass is 16.1. The fourth-order valence-corrected chi connectivity index (χ4v) is 3.40. The number of fused-ring (bicyclic) bond motifs is 1. The summed E-state index contributed by atoms with van der Waals surface area (Å²) < 4.78 is 0. The van der Waals surface area contributed by atoms with Gasteiger partial charge in [0.25, 0.3) is 0 Å². The Balaban J connectivity index is 2.32. The van der Waals surface area contributed by atoms with Crippen molar-refractivity contribution in [3.63, 3.8) is 0 Å². The molecule has 0 aromatic heterocycles. The fraction of sp³-hybridized carbons (Fsp3) is 0.667. The van der Waals surface area contributed by atoms with Crippen LogP contribution in [0.4, 0.5) is 0 Å². The Bertz CT molecular complexity index is 364. The molecule has 88 valence electrons. The van der Waals surface area contributed by atoms with E-state index in [-0.39, 0.29) is 5.41 Å². The molecular weight excluding hydrogens is 196 g/mol. The van der Waals surface area contributed by atoms with Crippen molar-refractivity contribution in [2.24, 2.45) is 17.3 Å². The maximum Gasteiger partial charge on any atom is 0.139 e. The van der Waals surface area contributed by atoms with Crippen LogP contribution in [0.5, 0.6) is 0 Å². The summed E-state index contributed by atoms with van der Waals surface area (Å²) in [4.78, 5) is 12.3. The third-order valence-corrected chi connectivity index (χ3v) is 4.73. The summed E-state index contributed by atoms with van der Waals surface area (Å²) in [5.41, 5.74) is 2.52. The number of hydrogen-bond donors (Lipinski definition) is 0. The van der Waals surface area contributed by atoms with E-state index in [2.05, 4.69) is 33.4 Å². The van der Waals surface area contributed by atoms with Crippen molar-refractivity contribution in [1.82, 2.24) is 0 Å². The van der Waals surface area contributed by atoms with Crippen LogP contribution in [0.1, 0.15) is 46.5 Å². The smallest absolute Gasteiger partial charge is 0.139 e. The van der Waals surface area contributed by atoms with Gasteiger partial charge in [-0.1, -0.05) is 30.7 Å². The van der Waals surface area contributed by atoms with Crippen molar-refractivity contribution in [3.05, 3.63) is 23.8 Å². The van der Waals surface area contributed by atoms with E-state index in [0.29, 0.717) is 17.6 Å². The van der Waals surface area contributed by atoms with Gasteiger partial charge in [0.1, 0.15) is 5.78 Å². The van der Waals surface area contributed by atoms with Gasteiger partial charge in [-0.25, -0.2) is 0 Å². The molecule has 0 radical (unpaired) electrons. The predicted octanol–water partition coefficient (Wildman–Crippen LogP) is 3.90. The van der Waals surface area contributed by atoms with E-state index in [4.69, 9.17) is 0 Å². The lowest BCUT2D eigenvalue weighted by Gasteiger charge is -2.46. The van der Waals surface area contributed by atoms with Crippen LogP contribution in [0.2, 0.25) is 0 Å². The summed E-state index contributed by atoms with van der Waals surface area (Å²) >= 11 is 0. The summed E-state index contributed by atoms with van der Waals surface area (Å²) in [5.74, 6) is 1.33. The first-order chi connectivity index (χ1) is 7.45. The van der Waals surface area contributed by atoms with Crippen molar-refractivity contribution >= 4 is 5.78 Å². The largest absolute Gasteiger partial charge is 0.299 e. The molecule has 0 aliphatic heterocycles. The lowest BCUT2D eigenvalue weighted by Crippen LogP contribution is -2.44. The van der Waals surface area contributed by atoms with Gasteiger partial charge in [0.15, 0.2) is 0 Å². The summed E-state index contributed by atoms with van der Waals surface area (Å²) in [6.45, 7) is 10.4. The monoisotopic (exact) mass is 218 g/mol. The topological polar surface area (TPSA) is 17.1 Å². The Labute approximate surface area is 98.6 Å². The van der Waals surface area contributed by atoms with Crippen molar-refractivity contribution in [2.75, 3.05) is 0 Å². The van der Waals surface area contributed by atoms with Crippen LogP contribution < -0.4 is 0 Å². The normalized spacial score (nSPS) is 38.9. The van der Waals surface area contributed by atoms with E-state index >= 15 is 0 Å². The van der Waals surface area contributed by atoms with E-state index < -0.39 is 0 Å². The van der Waals surface area contributed by atoms with Gasteiger partial charge in [-0.2, -0.15) is 0 Å². The van der Waals surface area contributed by atoms with Crippen LogP contribution in [-0.4, -0.2) is 5.78 Å². The van der Waals surface area contributed by atoms with Gasteiger partial charge < -0.3 is 0 Å². The number of carbonyl (C=O) groups is 1. The first kappa shape index (κ1) is 11.6. The molecule has 3 atom stereocenters. The Hall–Kier alpha value is -0.850. The molecule has 0 unspecified atom stereocenters. The molecule has 1 heteroatoms. The van der Waals surface area contributed by atoms with Crippen molar-refractivity contribution in [3.8, 4) is 0 Å². The maximum absolute atomic E-state index is 12.3. The Kier molecular flexibility index (Phi) is 2.81. The SMILES string of the molecule is C=C(C)[C@H]1CC(=O)[C@@]2(C)CCC=C(C)[C@H]2C1. The molecule has 1 saturated carbocycles. The van der Waals surface area contributed by atoms with Crippen LogP contribution in [0.3, 0.4) is 0 Å². The minimum atomic E-state index is -0.0786. The van der Waals surface area contributed by atoms with Crippen LogP contribution in [-0.2, 0) is 4.79 Å². The average Bonchev–Trinajstić information content (AvgIpc) is 2.20. The molecule has 1 fully saturated rings. The van der Waals surface area contributed by atoms with Crippen molar-refractivity contribution in [2.45, 2.75) is 46.5 Å². The molecule has 0 amide bonds. The Morgan fingerprint density at radius 3 is 2.88 bits per heavy atom. The zero-order chi connectivity index (χ0) is 11.9. The van der Waals surface area contributed by atoms with E-state index in [1.807, 2.05) is 0 Å². The van der Waals surface area contributed by atoms with Crippen LogP contribution in [0.25, 0.3) is 0 Å². The first-order valence-corrected chi connectivity index (χ1v) is 6.30. The number of rotatable bonds is 1. The molecule has 2 aliphatic rings. The molecule has 0 bridgehead atoms. The molecular formula is C15H22O. The molecule has 0 heterocycles. The van der Waals surface area contributed by atoms with Crippen LogP contribution in [0, 0.1) is 17.3 Å². The van der Waals surface area contributed by atoms with Crippen LogP contribution >= 0.6 is 0 Å². The molecule has 2 aliphatic carbocycles. The zero-order valence-electron chi connectivity index (χ0n) is 10.7. The molecule has 2 rings (SSSR count). The Morgan fingerprint density at radius 2 is 2.25 bits per heavy atom. The maximum atomic E-state index is 12.3. The van der Waals surface area contributed by atoms with Crippen molar-refractivity contribution < 1.29 is 4.79 Å². The van der Waals surface area contributed by atoms with E-state index in [1.54, 1.807) is 0 Å². The van der Waals surface area contributed by atoms with Gasteiger partial charge in [0, 0.05) is 11.8 Å². The third kappa shape index (κ3) is 1.66. The second-order valence-corrected chi connectivity index (χ2v) is 5.86. The third-order valence-electron chi connectivity index (χ3n) is 4.73. The minimum absolute atomic E-state index is 0.0786. The standard InChI is InChI=1S/C15H22O/c1-10(2)12-8-13-11(3)6-5-7-15(13,4)14(16)9-12/h6,12-13H,1,5,7-9H2,2-4H3/t12-,13-,15+/m1/s1. The minimum Gasteiger partial charge on any atom is -0.299 e. The van der Waals surface area contributed by atoms with E-state index in [1.165, 1.54) is 11.1 Å². The number of hydrogen-bond acceptors (Lipinski definition) is 1. The van der Waals surface area contributed by atoms with Gasteiger partial charge in [-0.15, -0.1) is 0 Å². The highest BCUT2D eigenvalue weighted by Crippen LogP contribution is 2.50. The molecule has 0 aromatic carbocycles. The number of Topliss-reactive ketones (excluding diaryl/α,β-unsaturated/α-hetero) is 1. The second kappa shape index (κ2) is 3.87. The highest BCUT2D eigenvalue weighted by Gasteiger charge is 2.47. The summed E-state index contributed by atoms with van der Waals surface area (Å²) in [6.07, 6.45) is 6.27. The summed E-state index contributed by atoms with van der Waals surface area (Å²) in [5, 5.41) is 0. The number of carbonyl (C=O) groups excluding carboxylic acids is 1. The van der Waals surface area contributed by atoms with Gasteiger partial charge in [0.05, 0.1) is 0 Å². The van der Waals surface area contributed by atoms with E-state index in [9.17, 15) is 4.79 Å². The average molecular weight is 218 g/mol.